The fraction of sp³-hybridized carbons (Fsp3) is 0.400. The number of nitrogens with zero attached hydrogens (tertiary/aromatic N) is 4. The first-order valence-electron chi connectivity index (χ1n) is 20.4. The summed E-state index contributed by atoms with van der Waals surface area (Å²) in [4.78, 5) is 9.90. The third-order valence-electron chi connectivity index (χ3n) is 9.85. The van der Waals surface area contributed by atoms with Crippen LogP contribution in [0.3, 0.4) is 0 Å². The standard InChI is InChI=1S/2C25H33N2.2Co/c2*1-7-20-13-11-14-21(8-2)24(20)26-18(5)17-19(6)27-25-22(9-3)15-12-16-23(25)10-4;;/h2*11-17H,7-10H2,1-6H3;;/q2*-1;;/b2*18-17-,27-19?;;. The maximum absolute atomic E-state index is 4.95. The number of rotatable bonds is 16. The first-order chi connectivity index (χ1) is 26.1. The smallest absolute Gasteiger partial charge is 0.0696 e. The second kappa shape index (κ2) is 26.3. The van der Waals surface area contributed by atoms with E-state index in [0.717, 1.165) is 96.9 Å². The van der Waals surface area contributed by atoms with Gasteiger partial charge in [-0.15, -0.1) is 11.4 Å². The Bertz CT molecular complexity index is 1720. The normalized spacial score (nSPS) is 11.9. The molecule has 0 atom stereocenters. The average molecular weight is 841 g/mol. The van der Waals surface area contributed by atoms with Crippen LogP contribution in [0.2, 0.25) is 0 Å². The van der Waals surface area contributed by atoms with E-state index in [0.29, 0.717) is 0 Å². The first-order valence-corrected chi connectivity index (χ1v) is 20.4. The van der Waals surface area contributed by atoms with Gasteiger partial charge in [-0.3, -0.25) is 9.98 Å². The molecule has 0 fully saturated rings. The van der Waals surface area contributed by atoms with Crippen molar-refractivity contribution in [2.75, 3.05) is 0 Å². The summed E-state index contributed by atoms with van der Waals surface area (Å²) >= 11 is 0. The van der Waals surface area contributed by atoms with Crippen molar-refractivity contribution in [2.24, 2.45) is 9.98 Å². The van der Waals surface area contributed by atoms with E-state index in [4.69, 9.17) is 20.6 Å². The molecule has 4 aromatic rings. The summed E-state index contributed by atoms with van der Waals surface area (Å²) in [5, 5.41) is 9.90. The quantitative estimate of drug-likeness (QED) is 0.101. The van der Waals surface area contributed by atoms with E-state index in [9.17, 15) is 0 Å². The van der Waals surface area contributed by atoms with Crippen LogP contribution in [0.15, 0.2) is 106 Å². The number of hydrogen-bond acceptors (Lipinski definition) is 2. The molecule has 0 N–H and O–H groups in total. The Morgan fingerprint density at radius 1 is 0.393 bits per heavy atom. The molecule has 56 heavy (non-hydrogen) atoms. The van der Waals surface area contributed by atoms with Crippen molar-refractivity contribution >= 4 is 34.2 Å². The predicted octanol–water partition coefficient (Wildman–Crippen LogP) is 15.3. The molecule has 306 valence electrons. The van der Waals surface area contributed by atoms with E-state index in [-0.39, 0.29) is 33.6 Å². The molecule has 0 saturated heterocycles. The third kappa shape index (κ3) is 14.4. The van der Waals surface area contributed by atoms with E-state index in [1.807, 2.05) is 0 Å². The van der Waals surface area contributed by atoms with Crippen LogP contribution in [0.4, 0.5) is 22.7 Å². The minimum Gasteiger partial charge on any atom is -0.661 e. The summed E-state index contributed by atoms with van der Waals surface area (Å²) in [7, 11) is 0. The van der Waals surface area contributed by atoms with Gasteiger partial charge in [-0.1, -0.05) is 176 Å². The molecule has 0 aliphatic heterocycles. The van der Waals surface area contributed by atoms with Crippen molar-refractivity contribution in [1.82, 2.24) is 0 Å². The molecule has 0 bridgehead atoms. The number of hydrogen-bond donors (Lipinski definition) is 0. The largest absolute Gasteiger partial charge is 0.661 e. The molecule has 0 heterocycles. The zero-order valence-corrected chi connectivity index (χ0v) is 38.3. The van der Waals surface area contributed by atoms with Crippen molar-refractivity contribution in [3.8, 4) is 0 Å². The molecule has 0 aromatic heterocycles. The van der Waals surface area contributed by atoms with Crippen LogP contribution in [0.5, 0.6) is 0 Å². The predicted molar refractivity (Wildman–Crippen MR) is 240 cm³/mol. The summed E-state index contributed by atoms with van der Waals surface area (Å²) in [5.41, 5.74) is 19.0. The fourth-order valence-electron chi connectivity index (χ4n) is 6.87. The SMILES string of the molecule is CCc1cccc(CC)c1N=C(C)/C=C(/C)[N-]c1c(CC)cccc1CC.CCc1cccc(CC)c1N=C(C)/C=C(/C)[N-]c1c(CC)cccc1CC.[Co].[Co]. The van der Waals surface area contributed by atoms with Crippen molar-refractivity contribution in [3.63, 3.8) is 0 Å². The van der Waals surface area contributed by atoms with E-state index in [1.165, 1.54) is 44.5 Å². The van der Waals surface area contributed by atoms with E-state index < -0.39 is 0 Å². The van der Waals surface area contributed by atoms with Crippen LogP contribution in [0.25, 0.3) is 10.6 Å². The van der Waals surface area contributed by atoms with Gasteiger partial charge in [-0.2, -0.15) is 11.4 Å². The third-order valence-corrected chi connectivity index (χ3v) is 9.85. The number of allylic oxidation sites excluding steroid dienone is 4. The van der Waals surface area contributed by atoms with Crippen LogP contribution in [0.1, 0.15) is 128 Å². The van der Waals surface area contributed by atoms with E-state index in [1.54, 1.807) is 0 Å². The summed E-state index contributed by atoms with van der Waals surface area (Å²) < 4.78 is 0. The second-order valence-electron chi connectivity index (χ2n) is 13.8. The van der Waals surface area contributed by atoms with Gasteiger partial charge in [-0.05, 0) is 87.5 Å². The molecule has 4 rings (SSSR count). The number of aryl methyl sites for hydroxylation is 8. The zero-order chi connectivity index (χ0) is 39.6. The van der Waals surface area contributed by atoms with Gasteiger partial charge in [0.15, 0.2) is 0 Å². The fourth-order valence-corrected chi connectivity index (χ4v) is 6.87. The van der Waals surface area contributed by atoms with Gasteiger partial charge in [0.05, 0.1) is 11.4 Å². The molecule has 0 amide bonds. The molecule has 2 radical (unpaired) electrons. The minimum atomic E-state index is 0. The minimum absolute atomic E-state index is 0. The molecule has 0 spiro atoms. The van der Waals surface area contributed by atoms with Gasteiger partial charge in [0.2, 0.25) is 0 Å². The molecule has 0 aliphatic carbocycles. The monoisotopic (exact) mass is 840 g/mol. The Morgan fingerprint density at radius 3 is 0.821 bits per heavy atom. The molecular formula is C50H66Co2N4-2. The van der Waals surface area contributed by atoms with Crippen LogP contribution >= 0.6 is 0 Å². The molecular weight excluding hydrogens is 774 g/mol. The molecule has 0 aliphatic rings. The molecule has 0 unspecified atom stereocenters. The average Bonchev–Trinajstić information content (AvgIpc) is 3.18. The Labute approximate surface area is 361 Å². The Hall–Kier alpha value is -3.69. The summed E-state index contributed by atoms with van der Waals surface area (Å²) in [6.07, 6.45) is 12.2. The van der Waals surface area contributed by atoms with E-state index in [2.05, 4.69) is 168 Å². The Kier molecular flexibility index (Phi) is 23.6. The zero-order valence-electron chi connectivity index (χ0n) is 36.2. The van der Waals surface area contributed by atoms with Crippen molar-refractivity contribution in [2.45, 2.75) is 134 Å². The molecule has 0 saturated carbocycles. The van der Waals surface area contributed by atoms with Gasteiger partial charge in [0, 0.05) is 45.0 Å². The van der Waals surface area contributed by atoms with Gasteiger partial charge in [0.25, 0.3) is 0 Å². The number of para-hydroxylation sites is 4. The number of benzene rings is 4. The van der Waals surface area contributed by atoms with Gasteiger partial charge in [0.1, 0.15) is 0 Å². The first kappa shape index (κ1) is 50.3. The van der Waals surface area contributed by atoms with Gasteiger partial charge >= 0.3 is 0 Å². The Balaban J connectivity index is 0.000000541. The number of aliphatic imine (C=N–C) groups is 2. The summed E-state index contributed by atoms with van der Waals surface area (Å²) in [6.45, 7) is 25.8. The van der Waals surface area contributed by atoms with Gasteiger partial charge in [-0.25, -0.2) is 0 Å². The second-order valence-corrected chi connectivity index (χ2v) is 13.8. The van der Waals surface area contributed by atoms with Crippen molar-refractivity contribution in [1.29, 1.82) is 0 Å². The van der Waals surface area contributed by atoms with Crippen LogP contribution in [0, 0.1) is 0 Å². The maximum Gasteiger partial charge on any atom is 0.0696 e. The van der Waals surface area contributed by atoms with Crippen LogP contribution in [-0.2, 0) is 84.9 Å². The molecule has 4 aromatic carbocycles. The van der Waals surface area contributed by atoms with Gasteiger partial charge < -0.3 is 10.6 Å². The summed E-state index contributed by atoms with van der Waals surface area (Å²) in [6, 6.07) is 26.0. The van der Waals surface area contributed by atoms with Crippen LogP contribution in [-0.4, -0.2) is 11.4 Å². The summed E-state index contributed by atoms with van der Waals surface area (Å²) in [5.74, 6) is 0. The maximum atomic E-state index is 4.95. The topological polar surface area (TPSA) is 52.9 Å². The van der Waals surface area contributed by atoms with E-state index >= 15 is 0 Å². The van der Waals surface area contributed by atoms with Crippen LogP contribution < -0.4 is 0 Å². The van der Waals surface area contributed by atoms with Crippen molar-refractivity contribution < 1.29 is 33.6 Å². The van der Waals surface area contributed by atoms with Crippen molar-refractivity contribution in [3.05, 3.63) is 151 Å². The molecule has 6 heteroatoms. The Morgan fingerprint density at radius 2 is 0.607 bits per heavy atom. The molecule has 4 nitrogen and oxygen atoms in total.